The average Bonchev–Trinajstić information content (AvgIpc) is 2.42. The summed E-state index contributed by atoms with van der Waals surface area (Å²) in [6.45, 7) is 3.72. The van der Waals surface area contributed by atoms with E-state index in [0.717, 1.165) is 10.0 Å². The van der Waals surface area contributed by atoms with E-state index in [2.05, 4.69) is 21.2 Å². The number of carbonyl (C=O) groups excluding carboxylic acids is 1. The molecule has 2 aromatic carbocycles. The maximum atomic E-state index is 12.5. The number of nitrogens with one attached hydrogen (secondary N) is 1. The summed E-state index contributed by atoms with van der Waals surface area (Å²) in [7, 11) is 0. The van der Waals surface area contributed by atoms with E-state index in [9.17, 15) is 4.79 Å². The number of nitrogen functional groups attached to an aromatic ring is 1. The third-order valence-electron chi connectivity index (χ3n) is 3.38. The first kappa shape index (κ1) is 15.9. The first-order valence-corrected chi connectivity index (χ1v) is 7.60. The molecule has 0 aliphatic heterocycles. The number of hydrogen-bond donors (Lipinski definition) is 2. The van der Waals surface area contributed by atoms with Crippen molar-refractivity contribution in [1.29, 1.82) is 0 Å². The molecule has 0 saturated carbocycles. The predicted octanol–water partition coefficient (Wildman–Crippen LogP) is 4.60. The van der Waals surface area contributed by atoms with E-state index in [1.807, 2.05) is 32.0 Å². The zero-order chi connectivity index (χ0) is 15.6. The molecule has 3 nitrogen and oxygen atoms in total. The largest absolute Gasteiger partial charge is 0.399 e. The molecule has 3 N–H and O–H groups in total. The number of anilines is 2. The smallest absolute Gasteiger partial charge is 0.234 e. The molecule has 0 fully saturated rings. The summed E-state index contributed by atoms with van der Waals surface area (Å²) in [6, 6.07) is 12.6. The lowest BCUT2D eigenvalue weighted by atomic mass is 9.83. The van der Waals surface area contributed by atoms with Crippen LogP contribution in [0.2, 0.25) is 5.02 Å². The molecule has 110 valence electrons. The number of benzene rings is 2. The van der Waals surface area contributed by atoms with Crippen LogP contribution in [-0.4, -0.2) is 5.91 Å². The molecule has 1 amide bonds. The summed E-state index contributed by atoms with van der Waals surface area (Å²) < 4.78 is 0.864. The number of amides is 1. The van der Waals surface area contributed by atoms with E-state index >= 15 is 0 Å². The average molecular weight is 368 g/mol. The molecular formula is C16H16BrClN2O. The molecule has 0 aliphatic rings. The molecule has 0 bridgehead atoms. The number of carbonyl (C=O) groups is 1. The molecule has 21 heavy (non-hydrogen) atoms. The van der Waals surface area contributed by atoms with Gasteiger partial charge in [-0.15, -0.1) is 0 Å². The Morgan fingerprint density at radius 2 is 1.81 bits per heavy atom. The van der Waals surface area contributed by atoms with Gasteiger partial charge in [0, 0.05) is 10.2 Å². The molecule has 0 radical (unpaired) electrons. The first-order chi connectivity index (χ1) is 9.80. The van der Waals surface area contributed by atoms with Gasteiger partial charge in [-0.1, -0.05) is 39.7 Å². The minimum Gasteiger partial charge on any atom is -0.399 e. The highest BCUT2D eigenvalue weighted by molar-refractivity contribution is 9.10. The Hall–Kier alpha value is -1.52. The lowest BCUT2D eigenvalue weighted by Crippen LogP contribution is -2.34. The van der Waals surface area contributed by atoms with E-state index in [1.165, 1.54) is 0 Å². The maximum Gasteiger partial charge on any atom is 0.234 e. The van der Waals surface area contributed by atoms with Crippen molar-refractivity contribution in [2.45, 2.75) is 19.3 Å². The fraction of sp³-hybridized carbons (Fsp3) is 0.188. The van der Waals surface area contributed by atoms with E-state index in [0.29, 0.717) is 16.4 Å². The van der Waals surface area contributed by atoms with Gasteiger partial charge in [0.2, 0.25) is 5.91 Å². The van der Waals surface area contributed by atoms with Gasteiger partial charge in [0.15, 0.2) is 0 Å². The molecule has 0 unspecified atom stereocenters. The number of nitrogens with two attached hydrogens (primary N) is 1. The standard InChI is InChI=1S/C16H16BrClN2O/c1-16(2,10-3-6-12(19)7-4-10)15(21)20-14-8-5-11(17)9-13(14)18/h3-9H,19H2,1-2H3,(H,20,21). The molecule has 2 aromatic rings. The summed E-state index contributed by atoms with van der Waals surface area (Å²) in [5, 5.41) is 3.36. The topological polar surface area (TPSA) is 55.1 Å². The molecule has 5 heteroatoms. The van der Waals surface area contributed by atoms with Gasteiger partial charge < -0.3 is 11.1 Å². The second kappa shape index (κ2) is 6.08. The highest BCUT2D eigenvalue weighted by Gasteiger charge is 2.30. The zero-order valence-electron chi connectivity index (χ0n) is 11.8. The van der Waals surface area contributed by atoms with Crippen LogP contribution < -0.4 is 11.1 Å². The van der Waals surface area contributed by atoms with Gasteiger partial charge in [-0.2, -0.15) is 0 Å². The summed E-state index contributed by atoms with van der Waals surface area (Å²) in [6.07, 6.45) is 0. The van der Waals surface area contributed by atoms with Crippen LogP contribution in [0.15, 0.2) is 46.9 Å². The van der Waals surface area contributed by atoms with Gasteiger partial charge in [-0.3, -0.25) is 4.79 Å². The summed E-state index contributed by atoms with van der Waals surface area (Å²) in [5.41, 5.74) is 7.15. The second-order valence-electron chi connectivity index (χ2n) is 5.33. The number of rotatable bonds is 3. The third kappa shape index (κ3) is 3.57. The van der Waals surface area contributed by atoms with Gasteiger partial charge >= 0.3 is 0 Å². The van der Waals surface area contributed by atoms with E-state index < -0.39 is 5.41 Å². The molecule has 0 heterocycles. The van der Waals surface area contributed by atoms with Gasteiger partial charge in [-0.25, -0.2) is 0 Å². The predicted molar refractivity (Wildman–Crippen MR) is 91.7 cm³/mol. The quantitative estimate of drug-likeness (QED) is 0.779. The van der Waals surface area contributed by atoms with Crippen LogP contribution in [0.3, 0.4) is 0 Å². The molecule has 0 atom stereocenters. The Morgan fingerprint density at radius 1 is 1.19 bits per heavy atom. The lowest BCUT2D eigenvalue weighted by Gasteiger charge is -2.24. The molecule has 0 aliphatic carbocycles. The fourth-order valence-electron chi connectivity index (χ4n) is 1.90. The summed E-state index contributed by atoms with van der Waals surface area (Å²) in [4.78, 5) is 12.5. The van der Waals surface area contributed by atoms with Crippen LogP contribution in [0, 0.1) is 0 Å². The van der Waals surface area contributed by atoms with E-state index in [1.54, 1.807) is 24.3 Å². The van der Waals surface area contributed by atoms with Crippen molar-refractivity contribution in [2.75, 3.05) is 11.1 Å². The monoisotopic (exact) mass is 366 g/mol. The molecule has 0 aromatic heterocycles. The van der Waals surface area contributed by atoms with Gasteiger partial charge in [0.25, 0.3) is 0 Å². The van der Waals surface area contributed by atoms with Crippen molar-refractivity contribution in [3.8, 4) is 0 Å². The Labute approximate surface area is 137 Å². The van der Waals surface area contributed by atoms with Crippen molar-refractivity contribution >= 4 is 44.8 Å². The van der Waals surface area contributed by atoms with Gasteiger partial charge in [0.1, 0.15) is 0 Å². The van der Waals surface area contributed by atoms with Crippen LogP contribution in [0.1, 0.15) is 19.4 Å². The Balaban J connectivity index is 2.24. The van der Waals surface area contributed by atoms with Crippen molar-refractivity contribution < 1.29 is 4.79 Å². The van der Waals surface area contributed by atoms with Crippen molar-refractivity contribution in [3.05, 3.63) is 57.5 Å². The van der Waals surface area contributed by atoms with E-state index in [4.69, 9.17) is 17.3 Å². The second-order valence-corrected chi connectivity index (χ2v) is 6.65. The lowest BCUT2D eigenvalue weighted by molar-refractivity contribution is -0.120. The van der Waals surface area contributed by atoms with Crippen molar-refractivity contribution in [1.82, 2.24) is 0 Å². The van der Waals surface area contributed by atoms with Gasteiger partial charge in [-0.05, 0) is 49.7 Å². The molecule has 2 rings (SSSR count). The van der Waals surface area contributed by atoms with Crippen LogP contribution >= 0.6 is 27.5 Å². The first-order valence-electron chi connectivity index (χ1n) is 6.43. The van der Waals surface area contributed by atoms with Crippen LogP contribution in [0.5, 0.6) is 0 Å². The number of hydrogen-bond acceptors (Lipinski definition) is 2. The van der Waals surface area contributed by atoms with Crippen LogP contribution in [0.25, 0.3) is 0 Å². The summed E-state index contributed by atoms with van der Waals surface area (Å²) in [5.74, 6) is -0.128. The van der Waals surface area contributed by atoms with Crippen LogP contribution in [0.4, 0.5) is 11.4 Å². The fourth-order valence-corrected chi connectivity index (χ4v) is 2.62. The summed E-state index contributed by atoms with van der Waals surface area (Å²) >= 11 is 9.47. The SMILES string of the molecule is CC(C)(C(=O)Nc1ccc(Br)cc1Cl)c1ccc(N)cc1. The molecular weight excluding hydrogens is 352 g/mol. The normalized spacial score (nSPS) is 11.2. The highest BCUT2D eigenvalue weighted by atomic mass is 79.9. The van der Waals surface area contributed by atoms with Crippen molar-refractivity contribution in [2.24, 2.45) is 0 Å². The van der Waals surface area contributed by atoms with Gasteiger partial charge in [0.05, 0.1) is 16.1 Å². The third-order valence-corrected chi connectivity index (χ3v) is 4.19. The zero-order valence-corrected chi connectivity index (χ0v) is 14.1. The van der Waals surface area contributed by atoms with Crippen LogP contribution in [-0.2, 0) is 10.2 Å². The maximum absolute atomic E-state index is 12.5. The van der Waals surface area contributed by atoms with Crippen molar-refractivity contribution in [3.63, 3.8) is 0 Å². The molecule has 0 spiro atoms. The Morgan fingerprint density at radius 3 is 2.38 bits per heavy atom. The number of halogens is 2. The molecule has 0 saturated heterocycles. The Kier molecular flexibility index (Phi) is 4.59. The minimum absolute atomic E-state index is 0.128. The highest BCUT2D eigenvalue weighted by Crippen LogP contribution is 2.29. The minimum atomic E-state index is -0.690. The Bertz CT molecular complexity index is 668. The van der Waals surface area contributed by atoms with E-state index in [-0.39, 0.29) is 5.91 Å².